The van der Waals surface area contributed by atoms with Crippen LogP contribution in [0.15, 0.2) is 22.7 Å². The molecule has 0 aliphatic rings. The summed E-state index contributed by atoms with van der Waals surface area (Å²) in [5.74, 6) is 0. The van der Waals surface area contributed by atoms with Gasteiger partial charge in [0.05, 0.1) is 17.2 Å². The zero-order valence-electron chi connectivity index (χ0n) is 9.42. The van der Waals surface area contributed by atoms with E-state index in [0.29, 0.717) is 18.5 Å². The average Bonchev–Trinajstić information content (AvgIpc) is 2.26. The highest BCUT2D eigenvalue weighted by Gasteiger charge is 2.16. The lowest BCUT2D eigenvalue weighted by Crippen LogP contribution is -2.32. The Morgan fingerprint density at radius 3 is 2.75 bits per heavy atom. The number of nitrogens with one attached hydrogen (secondary N) is 1. The van der Waals surface area contributed by atoms with Crippen molar-refractivity contribution in [3.63, 3.8) is 0 Å². The van der Waals surface area contributed by atoms with Crippen molar-refractivity contribution in [2.45, 2.75) is 25.9 Å². The summed E-state index contributed by atoms with van der Waals surface area (Å²) in [6.45, 7) is 4.18. The number of rotatable bonds is 4. The third-order valence-corrected chi connectivity index (χ3v) is 2.92. The molecular formula is C12H15BrN2O. The van der Waals surface area contributed by atoms with Gasteiger partial charge in [-0.05, 0) is 31.5 Å². The lowest BCUT2D eigenvalue weighted by Gasteiger charge is -2.22. The highest BCUT2D eigenvalue weighted by atomic mass is 79.9. The number of anilines is 1. The van der Waals surface area contributed by atoms with Crippen LogP contribution in [0.5, 0.6) is 0 Å². The molecule has 0 saturated heterocycles. The minimum atomic E-state index is -0.727. The van der Waals surface area contributed by atoms with Crippen LogP contribution in [0.3, 0.4) is 0 Å². The van der Waals surface area contributed by atoms with Crippen LogP contribution in [-0.4, -0.2) is 17.3 Å². The first-order chi connectivity index (χ1) is 7.46. The fourth-order valence-corrected chi connectivity index (χ4v) is 1.67. The van der Waals surface area contributed by atoms with E-state index in [9.17, 15) is 5.11 Å². The summed E-state index contributed by atoms with van der Waals surface area (Å²) in [4.78, 5) is 0. The second-order valence-electron chi connectivity index (χ2n) is 4.04. The Balaban J connectivity index is 2.75. The van der Waals surface area contributed by atoms with E-state index in [1.165, 1.54) is 0 Å². The van der Waals surface area contributed by atoms with Gasteiger partial charge in [0.25, 0.3) is 0 Å². The van der Waals surface area contributed by atoms with Crippen LogP contribution in [0.4, 0.5) is 5.69 Å². The molecule has 0 spiro atoms. The van der Waals surface area contributed by atoms with Crippen molar-refractivity contribution >= 4 is 21.6 Å². The first kappa shape index (κ1) is 13.0. The van der Waals surface area contributed by atoms with Crippen LogP contribution in [0.1, 0.15) is 25.8 Å². The quantitative estimate of drug-likeness (QED) is 0.893. The third kappa shape index (κ3) is 3.84. The van der Waals surface area contributed by atoms with E-state index in [1.54, 1.807) is 19.1 Å². The van der Waals surface area contributed by atoms with Gasteiger partial charge in [-0.2, -0.15) is 5.26 Å². The molecular weight excluding hydrogens is 268 g/mol. The number of nitrogens with zero attached hydrogens (tertiary/aromatic N) is 1. The predicted octanol–water partition coefficient (Wildman–Crippen LogP) is 2.89. The van der Waals surface area contributed by atoms with E-state index in [2.05, 4.69) is 27.3 Å². The molecule has 16 heavy (non-hydrogen) atoms. The third-order valence-electron chi connectivity index (χ3n) is 2.46. The molecule has 3 nitrogen and oxygen atoms in total. The number of benzene rings is 1. The molecule has 0 heterocycles. The number of halogens is 1. The van der Waals surface area contributed by atoms with Crippen LogP contribution in [0.25, 0.3) is 0 Å². The minimum Gasteiger partial charge on any atom is -0.388 e. The Bertz CT molecular complexity index is 410. The van der Waals surface area contributed by atoms with Gasteiger partial charge in [-0.3, -0.25) is 0 Å². The maximum atomic E-state index is 9.84. The van der Waals surface area contributed by atoms with Gasteiger partial charge in [0, 0.05) is 16.7 Å². The molecule has 1 aromatic carbocycles. The van der Waals surface area contributed by atoms with Gasteiger partial charge in [-0.1, -0.05) is 22.9 Å². The zero-order valence-corrected chi connectivity index (χ0v) is 11.0. The van der Waals surface area contributed by atoms with Crippen molar-refractivity contribution in [3.8, 4) is 6.07 Å². The van der Waals surface area contributed by atoms with Gasteiger partial charge in [0.1, 0.15) is 0 Å². The van der Waals surface area contributed by atoms with Crippen molar-refractivity contribution < 1.29 is 5.11 Å². The van der Waals surface area contributed by atoms with E-state index in [0.717, 1.165) is 10.2 Å². The summed E-state index contributed by atoms with van der Waals surface area (Å²) in [7, 11) is 0. The number of hydrogen-bond donors (Lipinski definition) is 2. The molecule has 0 fully saturated rings. The molecule has 0 aliphatic heterocycles. The smallest absolute Gasteiger partial charge is 0.0992 e. The van der Waals surface area contributed by atoms with Crippen molar-refractivity contribution in [3.05, 3.63) is 28.2 Å². The predicted molar refractivity (Wildman–Crippen MR) is 68.3 cm³/mol. The van der Waals surface area contributed by atoms with Gasteiger partial charge in [0.2, 0.25) is 0 Å². The Morgan fingerprint density at radius 1 is 1.50 bits per heavy atom. The Morgan fingerprint density at radius 2 is 2.19 bits per heavy atom. The van der Waals surface area contributed by atoms with Gasteiger partial charge in [0.15, 0.2) is 0 Å². The summed E-state index contributed by atoms with van der Waals surface area (Å²) in [5.41, 5.74) is 0.697. The first-order valence-electron chi connectivity index (χ1n) is 5.14. The zero-order chi connectivity index (χ0) is 12.2. The standard InChI is InChI=1S/C12H15BrN2O/c1-3-12(2,16)8-15-11-5-9(7-14)4-10(13)6-11/h4-6,15-16H,3,8H2,1-2H3. The van der Waals surface area contributed by atoms with E-state index in [-0.39, 0.29) is 0 Å². The van der Waals surface area contributed by atoms with Crippen molar-refractivity contribution in [2.75, 3.05) is 11.9 Å². The maximum Gasteiger partial charge on any atom is 0.0992 e. The van der Waals surface area contributed by atoms with Gasteiger partial charge in [-0.25, -0.2) is 0 Å². The summed E-state index contributed by atoms with van der Waals surface area (Å²) in [6, 6.07) is 7.48. The molecule has 0 saturated carbocycles. The second kappa shape index (κ2) is 5.33. The number of aliphatic hydroxyl groups is 1. The van der Waals surface area contributed by atoms with Crippen molar-refractivity contribution in [1.82, 2.24) is 0 Å². The fourth-order valence-electron chi connectivity index (χ4n) is 1.17. The van der Waals surface area contributed by atoms with Crippen LogP contribution in [0, 0.1) is 11.3 Å². The molecule has 1 unspecified atom stereocenters. The molecule has 0 amide bonds. The SMILES string of the molecule is CCC(C)(O)CNc1cc(Br)cc(C#N)c1. The summed E-state index contributed by atoms with van der Waals surface area (Å²) < 4.78 is 0.852. The fraction of sp³-hybridized carbons (Fsp3) is 0.417. The average molecular weight is 283 g/mol. The molecule has 2 N–H and O–H groups in total. The summed E-state index contributed by atoms with van der Waals surface area (Å²) >= 11 is 3.34. The molecule has 0 bridgehead atoms. The number of hydrogen-bond acceptors (Lipinski definition) is 3. The van der Waals surface area contributed by atoms with E-state index in [1.807, 2.05) is 13.0 Å². The molecule has 86 valence electrons. The van der Waals surface area contributed by atoms with Gasteiger partial charge in [-0.15, -0.1) is 0 Å². The maximum absolute atomic E-state index is 9.84. The molecule has 4 heteroatoms. The van der Waals surface area contributed by atoms with Crippen LogP contribution in [-0.2, 0) is 0 Å². The Labute approximate surface area is 104 Å². The normalized spacial score (nSPS) is 13.9. The molecule has 1 aromatic rings. The molecule has 0 aromatic heterocycles. The van der Waals surface area contributed by atoms with Crippen LogP contribution in [0.2, 0.25) is 0 Å². The second-order valence-corrected chi connectivity index (χ2v) is 4.96. The van der Waals surface area contributed by atoms with E-state index in [4.69, 9.17) is 5.26 Å². The summed E-state index contributed by atoms with van der Waals surface area (Å²) in [5, 5.41) is 21.8. The molecule has 1 rings (SSSR count). The summed E-state index contributed by atoms with van der Waals surface area (Å²) in [6.07, 6.45) is 0.680. The molecule has 0 radical (unpaired) electrons. The van der Waals surface area contributed by atoms with E-state index >= 15 is 0 Å². The lowest BCUT2D eigenvalue weighted by atomic mass is 10.0. The number of nitriles is 1. The first-order valence-corrected chi connectivity index (χ1v) is 5.93. The van der Waals surface area contributed by atoms with Gasteiger partial charge < -0.3 is 10.4 Å². The molecule has 0 aliphatic carbocycles. The Kier molecular flexibility index (Phi) is 4.34. The Hall–Kier alpha value is -1.05. The topological polar surface area (TPSA) is 56.0 Å². The van der Waals surface area contributed by atoms with Crippen LogP contribution < -0.4 is 5.32 Å². The van der Waals surface area contributed by atoms with Gasteiger partial charge >= 0.3 is 0 Å². The highest BCUT2D eigenvalue weighted by molar-refractivity contribution is 9.10. The highest BCUT2D eigenvalue weighted by Crippen LogP contribution is 2.20. The van der Waals surface area contributed by atoms with E-state index < -0.39 is 5.60 Å². The lowest BCUT2D eigenvalue weighted by molar-refractivity contribution is 0.0697. The minimum absolute atomic E-state index is 0.463. The molecule has 1 atom stereocenters. The van der Waals surface area contributed by atoms with Crippen molar-refractivity contribution in [2.24, 2.45) is 0 Å². The monoisotopic (exact) mass is 282 g/mol. The van der Waals surface area contributed by atoms with Crippen LogP contribution >= 0.6 is 15.9 Å². The largest absolute Gasteiger partial charge is 0.388 e. The van der Waals surface area contributed by atoms with Crippen molar-refractivity contribution in [1.29, 1.82) is 5.26 Å².